The minimum Gasteiger partial charge on any atom is -0.410 e. The molecule has 31 heavy (non-hydrogen) atoms. The summed E-state index contributed by atoms with van der Waals surface area (Å²) in [7, 11) is 0. The molecule has 1 aromatic heterocycles. The van der Waals surface area contributed by atoms with E-state index in [1.54, 1.807) is 0 Å². The molecule has 0 radical (unpaired) electrons. The van der Waals surface area contributed by atoms with Gasteiger partial charge < -0.3 is 9.77 Å². The average Bonchev–Trinajstić information content (AvgIpc) is 3.11. The first-order valence-electron chi connectivity index (χ1n) is 11.5. The highest BCUT2D eigenvalue weighted by Gasteiger charge is 2.17. The summed E-state index contributed by atoms with van der Waals surface area (Å²) in [5.74, 6) is 0.681. The van der Waals surface area contributed by atoms with Gasteiger partial charge in [0.2, 0.25) is 0 Å². The van der Waals surface area contributed by atoms with Crippen LogP contribution in [0.2, 0.25) is 0 Å². The first kappa shape index (κ1) is 21.2. The lowest BCUT2D eigenvalue weighted by atomic mass is 9.97. The topological polar surface area (TPSA) is 37.5 Å². The maximum atomic E-state index is 9.86. The standard InChI is InChI=1S/C28H32N2O/c1-4-6-12-21(5-2)19-30-26-15-10-9-14-24(26)25-18-22(16-17-27(25)30)28(29-31)23-13-8-7-11-20(23)3/h7-11,13-18,21,31H,4-6,12,19H2,1-3H3. The molecule has 0 bridgehead atoms. The van der Waals surface area contributed by atoms with Crippen LogP contribution in [0.4, 0.5) is 0 Å². The zero-order valence-corrected chi connectivity index (χ0v) is 18.8. The predicted octanol–water partition coefficient (Wildman–Crippen LogP) is 7.55. The Labute approximate surface area is 185 Å². The van der Waals surface area contributed by atoms with E-state index in [0.717, 1.165) is 23.2 Å². The van der Waals surface area contributed by atoms with E-state index >= 15 is 0 Å². The number of rotatable bonds is 8. The Morgan fingerprint density at radius 2 is 1.68 bits per heavy atom. The largest absolute Gasteiger partial charge is 0.410 e. The maximum Gasteiger partial charge on any atom is 0.117 e. The number of hydrogen-bond acceptors (Lipinski definition) is 2. The van der Waals surface area contributed by atoms with Crippen LogP contribution in [0.15, 0.2) is 71.9 Å². The summed E-state index contributed by atoms with van der Waals surface area (Å²) >= 11 is 0. The van der Waals surface area contributed by atoms with E-state index < -0.39 is 0 Å². The number of aryl methyl sites for hydroxylation is 1. The van der Waals surface area contributed by atoms with Crippen LogP contribution in [0.25, 0.3) is 21.8 Å². The SMILES string of the molecule is CCCCC(CC)Cn1c2ccccc2c2cc(C(=NO)c3ccccc3C)ccc21. The highest BCUT2D eigenvalue weighted by Crippen LogP contribution is 2.32. The van der Waals surface area contributed by atoms with Gasteiger partial charge in [0.1, 0.15) is 5.71 Å². The Bertz CT molecular complexity index is 1220. The van der Waals surface area contributed by atoms with Crippen molar-refractivity contribution in [1.82, 2.24) is 4.57 Å². The lowest BCUT2D eigenvalue weighted by Gasteiger charge is -2.17. The summed E-state index contributed by atoms with van der Waals surface area (Å²) in [5, 5.41) is 16.0. The quantitative estimate of drug-likeness (QED) is 0.181. The molecule has 0 saturated heterocycles. The number of benzene rings is 3. The molecule has 0 aliphatic rings. The van der Waals surface area contributed by atoms with E-state index in [4.69, 9.17) is 0 Å². The van der Waals surface area contributed by atoms with Crippen LogP contribution in [-0.4, -0.2) is 15.5 Å². The van der Waals surface area contributed by atoms with E-state index in [0.29, 0.717) is 11.6 Å². The first-order valence-corrected chi connectivity index (χ1v) is 11.5. The van der Waals surface area contributed by atoms with Crippen molar-refractivity contribution in [2.24, 2.45) is 11.1 Å². The van der Waals surface area contributed by atoms with E-state index in [2.05, 4.69) is 66.0 Å². The molecule has 0 aliphatic carbocycles. The smallest absolute Gasteiger partial charge is 0.117 e. The van der Waals surface area contributed by atoms with Gasteiger partial charge in [0, 0.05) is 39.5 Å². The molecule has 1 atom stereocenters. The van der Waals surface area contributed by atoms with Crippen LogP contribution in [0.1, 0.15) is 56.2 Å². The second-order valence-corrected chi connectivity index (χ2v) is 8.54. The molecule has 0 amide bonds. The third-order valence-corrected chi connectivity index (χ3v) is 6.53. The molecule has 3 nitrogen and oxygen atoms in total. The molecule has 0 spiro atoms. The molecule has 3 heteroatoms. The molecule has 160 valence electrons. The molecule has 0 fully saturated rings. The Balaban J connectivity index is 1.84. The van der Waals surface area contributed by atoms with Gasteiger partial charge in [-0.05, 0) is 43.0 Å². The van der Waals surface area contributed by atoms with Gasteiger partial charge in [-0.2, -0.15) is 0 Å². The zero-order chi connectivity index (χ0) is 21.8. The molecule has 1 unspecified atom stereocenters. The zero-order valence-electron chi connectivity index (χ0n) is 18.8. The van der Waals surface area contributed by atoms with Gasteiger partial charge in [-0.1, -0.05) is 86.8 Å². The van der Waals surface area contributed by atoms with Crippen LogP contribution < -0.4 is 0 Å². The molecular weight excluding hydrogens is 380 g/mol. The lowest BCUT2D eigenvalue weighted by molar-refractivity contribution is 0.319. The molecule has 3 aromatic carbocycles. The molecule has 1 heterocycles. The van der Waals surface area contributed by atoms with Gasteiger partial charge in [-0.15, -0.1) is 0 Å². The third-order valence-electron chi connectivity index (χ3n) is 6.53. The van der Waals surface area contributed by atoms with Gasteiger partial charge in [0.05, 0.1) is 0 Å². The van der Waals surface area contributed by atoms with Gasteiger partial charge in [0.15, 0.2) is 0 Å². The Hall–Kier alpha value is -3.07. The van der Waals surface area contributed by atoms with E-state index in [1.807, 2.05) is 31.2 Å². The highest BCUT2D eigenvalue weighted by molar-refractivity contribution is 6.17. The fourth-order valence-electron chi connectivity index (χ4n) is 4.68. The Morgan fingerprint density at radius 1 is 0.935 bits per heavy atom. The maximum absolute atomic E-state index is 9.86. The number of hydrogen-bond donors (Lipinski definition) is 1. The molecule has 1 N–H and O–H groups in total. The van der Waals surface area contributed by atoms with Crippen LogP contribution in [0, 0.1) is 12.8 Å². The highest BCUT2D eigenvalue weighted by atomic mass is 16.4. The number of para-hydroxylation sites is 1. The molecule has 4 aromatic rings. The van der Waals surface area contributed by atoms with E-state index in [-0.39, 0.29) is 0 Å². The van der Waals surface area contributed by atoms with Crippen molar-refractivity contribution in [1.29, 1.82) is 0 Å². The number of oxime groups is 1. The second kappa shape index (κ2) is 9.38. The Kier molecular flexibility index (Phi) is 6.41. The van der Waals surface area contributed by atoms with Crippen LogP contribution in [0.3, 0.4) is 0 Å². The van der Waals surface area contributed by atoms with Gasteiger partial charge in [-0.3, -0.25) is 0 Å². The summed E-state index contributed by atoms with van der Waals surface area (Å²) in [4.78, 5) is 0. The summed E-state index contributed by atoms with van der Waals surface area (Å²) in [6.45, 7) is 7.66. The van der Waals surface area contributed by atoms with Crippen LogP contribution in [0.5, 0.6) is 0 Å². The van der Waals surface area contributed by atoms with Crippen molar-refractivity contribution in [3.05, 3.63) is 83.4 Å². The molecule has 4 rings (SSSR count). The minimum absolute atomic E-state index is 0.617. The predicted molar refractivity (Wildman–Crippen MR) is 131 cm³/mol. The van der Waals surface area contributed by atoms with Crippen molar-refractivity contribution >= 4 is 27.5 Å². The third kappa shape index (κ3) is 4.10. The molecule has 0 aliphatic heterocycles. The van der Waals surface area contributed by atoms with Crippen LogP contribution >= 0.6 is 0 Å². The average molecular weight is 413 g/mol. The van der Waals surface area contributed by atoms with Crippen molar-refractivity contribution < 1.29 is 5.21 Å². The summed E-state index contributed by atoms with van der Waals surface area (Å²) in [6, 6.07) is 23.2. The normalized spacial score (nSPS) is 13.2. The number of fused-ring (bicyclic) bond motifs is 3. The van der Waals surface area contributed by atoms with Gasteiger partial charge >= 0.3 is 0 Å². The van der Waals surface area contributed by atoms with Gasteiger partial charge in [0.25, 0.3) is 0 Å². The van der Waals surface area contributed by atoms with Crippen molar-refractivity contribution in [3.8, 4) is 0 Å². The first-order chi connectivity index (χ1) is 15.2. The van der Waals surface area contributed by atoms with Crippen molar-refractivity contribution in [3.63, 3.8) is 0 Å². The van der Waals surface area contributed by atoms with Crippen molar-refractivity contribution in [2.75, 3.05) is 0 Å². The van der Waals surface area contributed by atoms with E-state index in [1.165, 1.54) is 47.5 Å². The summed E-state index contributed by atoms with van der Waals surface area (Å²) in [5.41, 5.74) is 6.14. The summed E-state index contributed by atoms with van der Waals surface area (Å²) < 4.78 is 2.49. The number of aromatic nitrogens is 1. The number of nitrogens with zero attached hydrogens (tertiary/aromatic N) is 2. The summed E-state index contributed by atoms with van der Waals surface area (Å²) in [6.07, 6.45) is 5.00. The van der Waals surface area contributed by atoms with Crippen LogP contribution in [-0.2, 0) is 6.54 Å². The van der Waals surface area contributed by atoms with Gasteiger partial charge in [-0.25, -0.2) is 0 Å². The fraction of sp³-hybridized carbons (Fsp3) is 0.321. The molecular formula is C28H32N2O. The fourth-order valence-corrected chi connectivity index (χ4v) is 4.68. The lowest BCUT2D eigenvalue weighted by Crippen LogP contribution is -2.10. The molecule has 0 saturated carbocycles. The monoisotopic (exact) mass is 412 g/mol. The van der Waals surface area contributed by atoms with E-state index in [9.17, 15) is 5.21 Å². The minimum atomic E-state index is 0.617. The Morgan fingerprint density at radius 3 is 2.42 bits per heavy atom. The number of unbranched alkanes of at least 4 members (excludes halogenated alkanes) is 1. The second-order valence-electron chi connectivity index (χ2n) is 8.54. The van der Waals surface area contributed by atoms with Crippen molar-refractivity contribution in [2.45, 2.75) is 53.0 Å².